The van der Waals surface area contributed by atoms with Crippen LogP contribution in [-0.4, -0.2) is 47.4 Å². The van der Waals surface area contributed by atoms with Gasteiger partial charge in [0.1, 0.15) is 22.4 Å². The average Bonchev–Trinajstić information content (AvgIpc) is 3.15. The van der Waals surface area contributed by atoms with E-state index >= 15 is 0 Å². The maximum atomic E-state index is 12.7. The highest BCUT2D eigenvalue weighted by Crippen LogP contribution is 2.25. The van der Waals surface area contributed by atoms with Gasteiger partial charge in [-0.25, -0.2) is 8.42 Å². The van der Waals surface area contributed by atoms with Gasteiger partial charge >= 0.3 is 0 Å². The van der Waals surface area contributed by atoms with Crippen molar-refractivity contribution in [2.75, 3.05) is 13.1 Å². The van der Waals surface area contributed by atoms with Crippen molar-refractivity contribution in [2.45, 2.75) is 17.4 Å². The van der Waals surface area contributed by atoms with E-state index in [0.29, 0.717) is 18.7 Å². The van der Waals surface area contributed by atoms with E-state index in [0.717, 1.165) is 0 Å². The second kappa shape index (κ2) is 6.25. The summed E-state index contributed by atoms with van der Waals surface area (Å²) in [7, 11) is -2.11. The Labute approximate surface area is 139 Å². The van der Waals surface area contributed by atoms with E-state index in [1.165, 1.54) is 21.1 Å². The molecule has 2 N–H and O–H groups in total. The maximum absolute atomic E-state index is 12.7. The number of hydrogen-bond donors (Lipinski definition) is 1. The summed E-state index contributed by atoms with van der Waals surface area (Å²) in [6, 6.07) is 4.83. The van der Waals surface area contributed by atoms with E-state index in [4.69, 9.17) is 10.5 Å². The Balaban J connectivity index is 1.74. The number of aryl methyl sites for hydroxylation is 1. The van der Waals surface area contributed by atoms with Gasteiger partial charge in [-0.2, -0.15) is 4.31 Å². The normalized spacial score (nSPS) is 18.6. The quantitative estimate of drug-likeness (QED) is 0.838. The van der Waals surface area contributed by atoms with Crippen LogP contribution in [0.1, 0.15) is 16.9 Å². The third-order valence-corrected chi connectivity index (χ3v) is 5.75. The molecule has 0 aliphatic carbocycles. The minimum atomic E-state index is -3.69. The molecule has 8 nitrogen and oxygen atoms in total. The molecule has 0 aromatic carbocycles. The second-order valence-corrected chi connectivity index (χ2v) is 7.55. The highest BCUT2D eigenvalue weighted by molar-refractivity contribution is 7.89. The summed E-state index contributed by atoms with van der Waals surface area (Å²) in [5.41, 5.74) is 5.39. The van der Waals surface area contributed by atoms with Crippen molar-refractivity contribution in [1.82, 2.24) is 13.9 Å². The Morgan fingerprint density at radius 2 is 2.25 bits per heavy atom. The fraction of sp³-hybridized carbons (Fsp3) is 0.333. The average molecular weight is 350 g/mol. The molecule has 0 bridgehead atoms. The minimum Gasteiger partial charge on any atom is -0.487 e. The minimum absolute atomic E-state index is 0.0563. The molecular weight excluding hydrogens is 332 g/mol. The number of carbonyl (C=O) groups excluding carboxylic acids is 1. The molecule has 0 unspecified atom stereocenters. The third kappa shape index (κ3) is 3.13. The van der Waals surface area contributed by atoms with Crippen LogP contribution < -0.4 is 10.5 Å². The number of carbonyl (C=O) groups is 1. The Kier molecular flexibility index (Phi) is 4.29. The van der Waals surface area contributed by atoms with Crippen molar-refractivity contribution in [3.05, 3.63) is 42.5 Å². The molecule has 2 aromatic rings. The van der Waals surface area contributed by atoms with Gasteiger partial charge in [0, 0.05) is 26.0 Å². The molecule has 9 heteroatoms. The molecule has 1 saturated heterocycles. The van der Waals surface area contributed by atoms with Crippen LogP contribution in [0.3, 0.4) is 0 Å². The molecule has 0 spiro atoms. The van der Waals surface area contributed by atoms with Crippen LogP contribution in [0.5, 0.6) is 5.75 Å². The summed E-state index contributed by atoms with van der Waals surface area (Å²) >= 11 is 0. The molecule has 1 amide bonds. The van der Waals surface area contributed by atoms with Gasteiger partial charge in [0.25, 0.3) is 5.91 Å². The molecule has 24 heavy (non-hydrogen) atoms. The zero-order valence-corrected chi connectivity index (χ0v) is 13.9. The predicted molar refractivity (Wildman–Crippen MR) is 86.0 cm³/mol. The molecule has 1 aliphatic rings. The highest BCUT2D eigenvalue weighted by atomic mass is 32.2. The number of sulfonamides is 1. The number of ether oxygens (including phenoxy) is 1. The largest absolute Gasteiger partial charge is 0.487 e. The van der Waals surface area contributed by atoms with Crippen molar-refractivity contribution in [3.63, 3.8) is 0 Å². The second-order valence-electron chi connectivity index (χ2n) is 5.62. The molecule has 1 aliphatic heterocycles. The lowest BCUT2D eigenvalue weighted by molar-refractivity contribution is 0.0992. The van der Waals surface area contributed by atoms with Gasteiger partial charge in [-0.3, -0.25) is 9.78 Å². The molecule has 128 valence electrons. The smallest absolute Gasteiger partial charge is 0.265 e. The van der Waals surface area contributed by atoms with Crippen molar-refractivity contribution in [3.8, 4) is 5.75 Å². The monoisotopic (exact) mass is 350 g/mol. The molecule has 0 radical (unpaired) electrons. The first-order valence-electron chi connectivity index (χ1n) is 7.41. The molecule has 0 saturated carbocycles. The van der Waals surface area contributed by atoms with Crippen LogP contribution in [0.15, 0.2) is 41.7 Å². The zero-order valence-electron chi connectivity index (χ0n) is 13.1. The van der Waals surface area contributed by atoms with Crippen LogP contribution in [0.4, 0.5) is 0 Å². The van der Waals surface area contributed by atoms with Crippen molar-refractivity contribution in [1.29, 1.82) is 0 Å². The molecule has 1 fully saturated rings. The van der Waals surface area contributed by atoms with Gasteiger partial charge in [-0.1, -0.05) is 0 Å². The Morgan fingerprint density at radius 3 is 2.88 bits per heavy atom. The zero-order chi connectivity index (χ0) is 17.3. The Bertz CT molecular complexity index is 848. The van der Waals surface area contributed by atoms with Crippen molar-refractivity contribution in [2.24, 2.45) is 12.8 Å². The topological polar surface area (TPSA) is 108 Å². The third-order valence-electron chi connectivity index (χ3n) is 3.91. The van der Waals surface area contributed by atoms with Crippen molar-refractivity contribution < 1.29 is 17.9 Å². The molecule has 2 aromatic heterocycles. The first-order valence-corrected chi connectivity index (χ1v) is 8.85. The lowest BCUT2D eigenvalue weighted by atomic mass is 10.3. The Hall–Kier alpha value is -2.39. The SMILES string of the molecule is Cn1cc(S(=O)(=O)N2CC[C@@H](Oc3cccnc3)C2)cc1C(N)=O. The lowest BCUT2D eigenvalue weighted by Gasteiger charge is -2.16. The van der Waals surface area contributed by atoms with Crippen LogP contribution in [0, 0.1) is 0 Å². The number of nitrogens with two attached hydrogens (primary N) is 1. The Morgan fingerprint density at radius 1 is 1.46 bits per heavy atom. The van der Waals surface area contributed by atoms with E-state index in [1.807, 2.05) is 0 Å². The summed E-state index contributed by atoms with van der Waals surface area (Å²) in [5.74, 6) is -0.0596. The fourth-order valence-corrected chi connectivity index (χ4v) is 4.25. The summed E-state index contributed by atoms with van der Waals surface area (Å²) in [6.07, 6.45) is 4.98. The molecule has 3 rings (SSSR count). The standard InChI is InChI=1S/C15H18N4O4S/c1-18-10-13(7-14(18)15(16)20)24(21,22)19-6-4-12(9-19)23-11-3-2-5-17-8-11/h2-3,5,7-8,10,12H,4,6,9H2,1H3,(H2,16,20)/t12-/m1/s1. The molecule has 1 atom stereocenters. The van der Waals surface area contributed by atoms with E-state index < -0.39 is 15.9 Å². The van der Waals surface area contributed by atoms with Gasteiger partial charge in [0.2, 0.25) is 10.0 Å². The number of amides is 1. The summed E-state index contributed by atoms with van der Waals surface area (Å²) in [4.78, 5) is 15.3. The van der Waals surface area contributed by atoms with Gasteiger partial charge in [-0.05, 0) is 24.6 Å². The molecular formula is C15H18N4O4S. The molecule has 3 heterocycles. The number of pyridine rings is 1. The van der Waals surface area contributed by atoms with Gasteiger partial charge in [0.15, 0.2) is 0 Å². The number of rotatable bonds is 5. The fourth-order valence-electron chi connectivity index (χ4n) is 2.69. The van der Waals surface area contributed by atoms with Crippen LogP contribution in [0.25, 0.3) is 0 Å². The van der Waals surface area contributed by atoms with E-state index in [-0.39, 0.29) is 23.2 Å². The number of primary amides is 1. The van der Waals surface area contributed by atoms with Gasteiger partial charge < -0.3 is 15.0 Å². The van der Waals surface area contributed by atoms with Crippen LogP contribution in [-0.2, 0) is 17.1 Å². The summed E-state index contributed by atoms with van der Waals surface area (Å²) < 4.78 is 33.9. The van der Waals surface area contributed by atoms with E-state index in [9.17, 15) is 13.2 Å². The highest BCUT2D eigenvalue weighted by Gasteiger charge is 2.34. The van der Waals surface area contributed by atoms with E-state index in [1.54, 1.807) is 31.6 Å². The van der Waals surface area contributed by atoms with Crippen LogP contribution >= 0.6 is 0 Å². The first kappa shape index (κ1) is 16.5. The number of aromatic nitrogens is 2. The summed E-state index contributed by atoms with van der Waals surface area (Å²) in [6.45, 7) is 0.603. The first-order chi connectivity index (χ1) is 11.4. The van der Waals surface area contributed by atoms with Crippen molar-refractivity contribution >= 4 is 15.9 Å². The maximum Gasteiger partial charge on any atom is 0.265 e. The predicted octanol–water partition coefficient (Wildman–Crippen LogP) is 0.361. The van der Waals surface area contributed by atoms with E-state index in [2.05, 4.69) is 4.98 Å². The number of nitrogens with zero attached hydrogens (tertiary/aromatic N) is 3. The van der Waals surface area contributed by atoms with Gasteiger partial charge in [-0.15, -0.1) is 0 Å². The summed E-state index contributed by atoms with van der Waals surface area (Å²) in [5, 5.41) is 0. The number of hydrogen-bond acceptors (Lipinski definition) is 5. The van der Waals surface area contributed by atoms with Crippen LogP contribution in [0.2, 0.25) is 0 Å². The lowest BCUT2D eigenvalue weighted by Crippen LogP contribution is -2.30. The van der Waals surface area contributed by atoms with Gasteiger partial charge in [0.05, 0.1) is 12.7 Å².